The standard InChI is InChI=1S/C16H13FN2O3/c1-9-15(20)19-13-8-10(6-7-14(13)22-9)16(21)18-12-5-3-2-4-11(12)17/h2-9H,1H3,(H,18,21)(H,19,20). The van der Waals surface area contributed by atoms with E-state index in [0.29, 0.717) is 17.0 Å². The highest BCUT2D eigenvalue weighted by Gasteiger charge is 2.24. The Balaban J connectivity index is 1.84. The van der Waals surface area contributed by atoms with Crippen LogP contribution in [-0.2, 0) is 4.79 Å². The van der Waals surface area contributed by atoms with Crippen molar-refractivity contribution < 1.29 is 18.7 Å². The molecule has 2 aromatic rings. The van der Waals surface area contributed by atoms with Crippen LogP contribution in [0.3, 0.4) is 0 Å². The fourth-order valence-corrected chi connectivity index (χ4v) is 2.11. The van der Waals surface area contributed by atoms with Gasteiger partial charge in [-0.3, -0.25) is 9.59 Å². The van der Waals surface area contributed by atoms with Crippen LogP contribution in [0.15, 0.2) is 42.5 Å². The van der Waals surface area contributed by atoms with Crippen molar-refractivity contribution in [3.05, 3.63) is 53.8 Å². The van der Waals surface area contributed by atoms with Crippen LogP contribution in [0.5, 0.6) is 5.75 Å². The first-order valence-corrected chi connectivity index (χ1v) is 6.72. The van der Waals surface area contributed by atoms with Crippen molar-refractivity contribution in [2.24, 2.45) is 0 Å². The minimum absolute atomic E-state index is 0.0964. The molecule has 5 nitrogen and oxygen atoms in total. The van der Waals surface area contributed by atoms with Gasteiger partial charge in [0.2, 0.25) is 0 Å². The van der Waals surface area contributed by atoms with E-state index in [-0.39, 0.29) is 11.6 Å². The van der Waals surface area contributed by atoms with E-state index in [4.69, 9.17) is 4.74 Å². The number of halogens is 1. The van der Waals surface area contributed by atoms with Crippen molar-refractivity contribution in [3.8, 4) is 5.75 Å². The van der Waals surface area contributed by atoms with Gasteiger partial charge in [0.25, 0.3) is 11.8 Å². The third kappa shape index (κ3) is 2.63. The molecule has 22 heavy (non-hydrogen) atoms. The van der Waals surface area contributed by atoms with E-state index in [1.807, 2.05) is 0 Å². The smallest absolute Gasteiger partial charge is 0.265 e. The predicted octanol–water partition coefficient (Wildman–Crippen LogP) is 2.80. The molecule has 2 N–H and O–H groups in total. The minimum Gasteiger partial charge on any atom is -0.479 e. The summed E-state index contributed by atoms with van der Waals surface area (Å²) in [5.41, 5.74) is 0.809. The van der Waals surface area contributed by atoms with Gasteiger partial charge >= 0.3 is 0 Å². The predicted molar refractivity (Wildman–Crippen MR) is 79.5 cm³/mol. The van der Waals surface area contributed by atoms with Crippen LogP contribution in [0.1, 0.15) is 17.3 Å². The highest BCUT2D eigenvalue weighted by Crippen LogP contribution is 2.30. The van der Waals surface area contributed by atoms with E-state index in [1.54, 1.807) is 25.1 Å². The second-order valence-corrected chi connectivity index (χ2v) is 4.89. The molecule has 1 heterocycles. The van der Waals surface area contributed by atoms with E-state index in [2.05, 4.69) is 10.6 Å². The second kappa shape index (κ2) is 5.48. The van der Waals surface area contributed by atoms with Crippen LogP contribution in [-0.4, -0.2) is 17.9 Å². The number of carbonyl (C=O) groups is 2. The Bertz CT molecular complexity index is 761. The lowest BCUT2D eigenvalue weighted by Gasteiger charge is -2.23. The van der Waals surface area contributed by atoms with Crippen LogP contribution >= 0.6 is 0 Å². The molecule has 0 saturated heterocycles. The fourth-order valence-electron chi connectivity index (χ4n) is 2.11. The first-order chi connectivity index (χ1) is 10.5. The largest absolute Gasteiger partial charge is 0.479 e. The van der Waals surface area contributed by atoms with Gasteiger partial charge in [0.05, 0.1) is 11.4 Å². The summed E-state index contributed by atoms with van der Waals surface area (Å²) in [7, 11) is 0. The molecule has 1 aliphatic rings. The quantitative estimate of drug-likeness (QED) is 0.896. The molecule has 6 heteroatoms. The van der Waals surface area contributed by atoms with Gasteiger partial charge in [-0.1, -0.05) is 12.1 Å². The molecule has 0 aliphatic carbocycles. The topological polar surface area (TPSA) is 67.4 Å². The summed E-state index contributed by atoms with van der Waals surface area (Å²) in [5.74, 6) is -0.770. The third-order valence-electron chi connectivity index (χ3n) is 3.29. The Labute approximate surface area is 126 Å². The van der Waals surface area contributed by atoms with E-state index in [9.17, 15) is 14.0 Å². The lowest BCUT2D eigenvalue weighted by atomic mass is 10.1. The zero-order valence-electron chi connectivity index (χ0n) is 11.7. The van der Waals surface area contributed by atoms with Crippen molar-refractivity contribution in [3.63, 3.8) is 0 Å². The van der Waals surface area contributed by atoms with E-state index in [1.165, 1.54) is 24.3 Å². The Kier molecular flexibility index (Phi) is 3.50. The third-order valence-corrected chi connectivity index (χ3v) is 3.29. The molecule has 3 rings (SSSR count). The molecule has 0 bridgehead atoms. The average molecular weight is 300 g/mol. The number of ether oxygens (including phenoxy) is 1. The number of fused-ring (bicyclic) bond motifs is 1. The zero-order valence-corrected chi connectivity index (χ0v) is 11.7. The van der Waals surface area contributed by atoms with E-state index >= 15 is 0 Å². The van der Waals surface area contributed by atoms with Gasteiger partial charge in [-0.05, 0) is 37.3 Å². The summed E-state index contributed by atoms with van der Waals surface area (Å²) in [4.78, 5) is 23.8. The number of benzene rings is 2. The SMILES string of the molecule is CC1Oc2ccc(C(=O)Nc3ccccc3F)cc2NC1=O. The summed E-state index contributed by atoms with van der Waals surface area (Å²) in [6.07, 6.45) is -0.578. The maximum atomic E-state index is 13.5. The first-order valence-electron chi connectivity index (χ1n) is 6.72. The lowest BCUT2D eigenvalue weighted by Crippen LogP contribution is -2.34. The van der Waals surface area contributed by atoms with Gasteiger partial charge < -0.3 is 15.4 Å². The number of carbonyl (C=O) groups excluding carboxylic acids is 2. The van der Waals surface area contributed by atoms with Crippen LogP contribution in [0.2, 0.25) is 0 Å². The summed E-state index contributed by atoms with van der Waals surface area (Å²) >= 11 is 0. The molecule has 2 amide bonds. The molecule has 0 saturated carbocycles. The maximum absolute atomic E-state index is 13.5. The summed E-state index contributed by atoms with van der Waals surface area (Å²) in [6.45, 7) is 1.64. The Morgan fingerprint density at radius 1 is 1.27 bits per heavy atom. The number of para-hydroxylation sites is 1. The molecule has 112 valence electrons. The lowest BCUT2D eigenvalue weighted by molar-refractivity contribution is -0.122. The van der Waals surface area contributed by atoms with Crippen LogP contribution in [0, 0.1) is 5.82 Å². The zero-order chi connectivity index (χ0) is 15.7. The maximum Gasteiger partial charge on any atom is 0.265 e. The molecular weight excluding hydrogens is 287 g/mol. The van der Waals surface area contributed by atoms with Gasteiger partial charge in [0.1, 0.15) is 11.6 Å². The van der Waals surface area contributed by atoms with Crippen molar-refractivity contribution in [2.75, 3.05) is 10.6 Å². The van der Waals surface area contributed by atoms with Crippen LogP contribution < -0.4 is 15.4 Å². The van der Waals surface area contributed by atoms with Gasteiger partial charge in [-0.2, -0.15) is 0 Å². The Morgan fingerprint density at radius 2 is 2.05 bits per heavy atom. The van der Waals surface area contributed by atoms with Gasteiger partial charge in [0.15, 0.2) is 6.10 Å². The normalized spacial score (nSPS) is 16.3. The van der Waals surface area contributed by atoms with E-state index < -0.39 is 17.8 Å². The molecule has 0 fully saturated rings. The molecule has 1 aliphatic heterocycles. The van der Waals surface area contributed by atoms with Crippen LogP contribution in [0.25, 0.3) is 0 Å². The Morgan fingerprint density at radius 3 is 2.82 bits per heavy atom. The minimum atomic E-state index is -0.578. The highest BCUT2D eigenvalue weighted by molar-refractivity contribution is 6.06. The number of rotatable bonds is 2. The van der Waals surface area contributed by atoms with Gasteiger partial charge in [0, 0.05) is 5.56 Å². The second-order valence-electron chi connectivity index (χ2n) is 4.89. The summed E-state index contributed by atoms with van der Waals surface area (Å²) in [5, 5.41) is 5.15. The van der Waals surface area contributed by atoms with Crippen molar-refractivity contribution >= 4 is 23.2 Å². The number of hydrogen-bond acceptors (Lipinski definition) is 3. The average Bonchev–Trinajstić information content (AvgIpc) is 2.50. The molecule has 0 spiro atoms. The van der Waals surface area contributed by atoms with Crippen molar-refractivity contribution in [1.82, 2.24) is 0 Å². The van der Waals surface area contributed by atoms with Crippen LogP contribution in [0.4, 0.5) is 15.8 Å². The fraction of sp³-hybridized carbons (Fsp3) is 0.125. The number of hydrogen-bond donors (Lipinski definition) is 2. The summed E-state index contributed by atoms with van der Waals surface area (Å²) < 4.78 is 19.0. The van der Waals surface area contributed by atoms with Crippen molar-refractivity contribution in [2.45, 2.75) is 13.0 Å². The monoisotopic (exact) mass is 300 g/mol. The molecule has 1 atom stereocenters. The number of nitrogens with one attached hydrogen (secondary N) is 2. The molecule has 0 radical (unpaired) electrons. The molecular formula is C16H13FN2O3. The number of amides is 2. The molecule has 1 unspecified atom stereocenters. The Hall–Kier alpha value is -2.89. The summed E-state index contributed by atoms with van der Waals surface area (Å²) in [6, 6.07) is 10.5. The molecule has 0 aromatic heterocycles. The van der Waals surface area contributed by atoms with Crippen molar-refractivity contribution in [1.29, 1.82) is 0 Å². The highest BCUT2D eigenvalue weighted by atomic mass is 19.1. The molecule has 2 aromatic carbocycles. The number of anilines is 2. The first kappa shape index (κ1) is 14.1. The van der Waals surface area contributed by atoms with Gasteiger partial charge in [-0.15, -0.1) is 0 Å². The van der Waals surface area contributed by atoms with Gasteiger partial charge in [-0.25, -0.2) is 4.39 Å². The van der Waals surface area contributed by atoms with E-state index in [0.717, 1.165) is 0 Å².